The average Bonchev–Trinajstić information content (AvgIpc) is 1.87. The lowest BCUT2D eigenvalue weighted by atomic mass is 10.7. The van der Waals surface area contributed by atoms with Crippen molar-refractivity contribution >= 4 is 24.7 Å². The molecule has 0 N–H and O–H groups in total. The van der Waals surface area contributed by atoms with Gasteiger partial charge in [0, 0.05) is 6.08 Å². The third-order valence-electron chi connectivity index (χ3n) is 1.11. The quantitative estimate of drug-likeness (QED) is 0.376. The van der Waals surface area contributed by atoms with Crippen molar-refractivity contribution in [2.24, 2.45) is 0 Å². The molecule has 0 heterocycles. The summed E-state index contributed by atoms with van der Waals surface area (Å²) in [4.78, 5) is 10.6. The van der Waals surface area contributed by atoms with Gasteiger partial charge in [-0.3, -0.25) is 0 Å². The minimum absolute atomic E-state index is 0.425. The van der Waals surface area contributed by atoms with Crippen molar-refractivity contribution in [1.29, 1.82) is 0 Å². The molecular formula is C6H11ClO2Si. The molecule has 2 nitrogen and oxygen atoms in total. The number of carbonyl (C=O) groups is 1. The highest BCUT2D eigenvalue weighted by atomic mass is 35.6. The Hall–Kier alpha value is -0.283. The van der Waals surface area contributed by atoms with Crippen LogP contribution in [-0.2, 0) is 9.22 Å². The third kappa shape index (κ3) is 3.69. The summed E-state index contributed by atoms with van der Waals surface area (Å²) in [6, 6.07) is 0.716. The summed E-state index contributed by atoms with van der Waals surface area (Å²) >= 11 is 5.84. The number of rotatable bonds is 3. The molecular weight excluding hydrogens is 168 g/mol. The Bertz CT molecular complexity index is 145. The highest BCUT2D eigenvalue weighted by Gasteiger charge is 2.26. The molecule has 58 valence electrons. The van der Waals surface area contributed by atoms with Gasteiger partial charge in [-0.2, -0.15) is 0 Å². The first-order chi connectivity index (χ1) is 4.52. The monoisotopic (exact) mass is 178 g/mol. The Balaban J connectivity index is 3.87. The van der Waals surface area contributed by atoms with Crippen molar-refractivity contribution in [1.82, 2.24) is 0 Å². The van der Waals surface area contributed by atoms with Gasteiger partial charge in [0.05, 0.1) is 0 Å². The minimum atomic E-state index is -2.21. The lowest BCUT2D eigenvalue weighted by Gasteiger charge is -2.15. The Morgan fingerprint density at radius 2 is 2.40 bits per heavy atom. The van der Waals surface area contributed by atoms with Crippen LogP contribution in [0.25, 0.3) is 0 Å². The predicted molar refractivity (Wildman–Crippen MR) is 44.2 cm³/mol. The molecule has 0 aliphatic rings. The molecule has 0 aliphatic heterocycles. The maximum absolute atomic E-state index is 10.6. The van der Waals surface area contributed by atoms with E-state index in [0.29, 0.717) is 6.04 Å². The molecule has 10 heavy (non-hydrogen) atoms. The van der Waals surface area contributed by atoms with E-state index in [-0.39, 0.29) is 0 Å². The molecule has 0 saturated carbocycles. The highest BCUT2D eigenvalue weighted by molar-refractivity contribution is 7.16. The summed E-state index contributed by atoms with van der Waals surface area (Å²) < 4.78 is 4.88. The number of hydrogen-bond donors (Lipinski definition) is 0. The van der Waals surface area contributed by atoms with E-state index in [9.17, 15) is 4.79 Å². The first-order valence-corrected chi connectivity index (χ1v) is 6.69. The van der Waals surface area contributed by atoms with Crippen LogP contribution in [0.1, 0.15) is 6.92 Å². The van der Waals surface area contributed by atoms with E-state index in [1.807, 2.05) is 6.92 Å². The van der Waals surface area contributed by atoms with Crippen LogP contribution in [0, 0.1) is 0 Å². The summed E-state index contributed by atoms with van der Waals surface area (Å²) in [7, 11) is -2.21. The normalized spacial score (nSPS) is 15.5. The van der Waals surface area contributed by atoms with Crippen LogP contribution in [0.5, 0.6) is 0 Å². The van der Waals surface area contributed by atoms with Gasteiger partial charge in [-0.05, 0) is 12.6 Å². The standard InChI is InChI=1S/C6H11ClO2Si/c1-4-6(8)9-10(3,7)5-2/h4H,1,5H2,2-3H3. The fourth-order valence-electron chi connectivity index (χ4n) is 0.324. The first kappa shape index (κ1) is 9.72. The maximum Gasteiger partial charge on any atom is 0.348 e. The summed E-state index contributed by atoms with van der Waals surface area (Å²) in [6.07, 6.45) is 1.13. The molecule has 0 aromatic rings. The first-order valence-electron chi connectivity index (χ1n) is 3.06. The van der Waals surface area contributed by atoms with Crippen LogP contribution in [0.3, 0.4) is 0 Å². The molecule has 0 saturated heterocycles. The van der Waals surface area contributed by atoms with Gasteiger partial charge in [0.2, 0.25) is 0 Å². The van der Waals surface area contributed by atoms with Crippen molar-refractivity contribution in [3.8, 4) is 0 Å². The van der Waals surface area contributed by atoms with Gasteiger partial charge in [0.1, 0.15) is 0 Å². The zero-order valence-electron chi connectivity index (χ0n) is 6.19. The number of carbonyl (C=O) groups excluding carboxylic acids is 1. The zero-order valence-corrected chi connectivity index (χ0v) is 7.94. The van der Waals surface area contributed by atoms with Gasteiger partial charge in [0.15, 0.2) is 0 Å². The molecule has 0 aromatic heterocycles. The second-order valence-electron chi connectivity index (χ2n) is 2.08. The lowest BCUT2D eigenvalue weighted by Crippen LogP contribution is -2.28. The predicted octanol–water partition coefficient (Wildman–Crippen LogP) is 2.05. The third-order valence-corrected chi connectivity index (χ3v) is 4.03. The van der Waals surface area contributed by atoms with Gasteiger partial charge < -0.3 is 4.43 Å². The number of halogens is 1. The van der Waals surface area contributed by atoms with E-state index in [2.05, 4.69) is 6.58 Å². The van der Waals surface area contributed by atoms with Gasteiger partial charge in [-0.1, -0.05) is 13.5 Å². The lowest BCUT2D eigenvalue weighted by molar-refractivity contribution is -0.129. The van der Waals surface area contributed by atoms with E-state index >= 15 is 0 Å². The van der Waals surface area contributed by atoms with Crippen LogP contribution in [0.2, 0.25) is 12.6 Å². The molecule has 0 spiro atoms. The van der Waals surface area contributed by atoms with Crippen molar-refractivity contribution in [3.05, 3.63) is 12.7 Å². The smallest absolute Gasteiger partial charge is 0.348 e. The van der Waals surface area contributed by atoms with Crippen LogP contribution in [-0.4, -0.2) is 13.6 Å². The van der Waals surface area contributed by atoms with Crippen LogP contribution >= 0.6 is 11.1 Å². The second-order valence-corrected chi connectivity index (χ2v) is 7.59. The molecule has 4 heteroatoms. The summed E-state index contributed by atoms with van der Waals surface area (Å²) in [5.41, 5.74) is 0. The zero-order chi connectivity index (χ0) is 8.20. The average molecular weight is 179 g/mol. The molecule has 1 atom stereocenters. The van der Waals surface area contributed by atoms with Gasteiger partial charge >= 0.3 is 13.6 Å². The maximum atomic E-state index is 10.6. The minimum Gasteiger partial charge on any atom is -0.501 e. The van der Waals surface area contributed by atoms with Gasteiger partial charge in [-0.25, -0.2) is 4.79 Å². The van der Waals surface area contributed by atoms with E-state index < -0.39 is 13.6 Å². The number of hydrogen-bond acceptors (Lipinski definition) is 2. The molecule has 1 unspecified atom stereocenters. The van der Waals surface area contributed by atoms with Crippen LogP contribution < -0.4 is 0 Å². The molecule has 0 aromatic carbocycles. The molecule has 0 aliphatic carbocycles. The van der Waals surface area contributed by atoms with Gasteiger partial charge in [-0.15, -0.1) is 11.1 Å². The fraction of sp³-hybridized carbons (Fsp3) is 0.500. The Kier molecular flexibility index (Phi) is 3.67. The second kappa shape index (κ2) is 3.78. The summed E-state index contributed by atoms with van der Waals surface area (Å²) in [6.45, 7) is 6.94. The van der Waals surface area contributed by atoms with Crippen molar-refractivity contribution in [3.63, 3.8) is 0 Å². The van der Waals surface area contributed by atoms with E-state index in [4.69, 9.17) is 15.5 Å². The summed E-state index contributed by atoms with van der Waals surface area (Å²) in [5, 5.41) is 0. The molecule has 0 bridgehead atoms. The largest absolute Gasteiger partial charge is 0.501 e. The van der Waals surface area contributed by atoms with E-state index in [0.717, 1.165) is 6.08 Å². The summed E-state index contributed by atoms with van der Waals surface area (Å²) in [5.74, 6) is -0.425. The molecule has 0 radical (unpaired) electrons. The molecule has 0 fully saturated rings. The van der Waals surface area contributed by atoms with Crippen molar-refractivity contribution in [2.45, 2.75) is 19.5 Å². The topological polar surface area (TPSA) is 26.3 Å². The van der Waals surface area contributed by atoms with Crippen molar-refractivity contribution in [2.75, 3.05) is 0 Å². The van der Waals surface area contributed by atoms with E-state index in [1.165, 1.54) is 0 Å². The van der Waals surface area contributed by atoms with E-state index in [1.54, 1.807) is 6.55 Å². The van der Waals surface area contributed by atoms with Crippen molar-refractivity contribution < 1.29 is 9.22 Å². The SMILES string of the molecule is C=CC(=O)O[Si](C)(Cl)CC. The van der Waals surface area contributed by atoms with Gasteiger partial charge in [0.25, 0.3) is 0 Å². The Labute approximate surface area is 66.7 Å². The van der Waals surface area contributed by atoms with Crippen LogP contribution in [0.15, 0.2) is 12.7 Å². The molecule has 0 amide bonds. The Morgan fingerprint density at radius 1 is 1.90 bits per heavy atom. The van der Waals surface area contributed by atoms with Crippen LogP contribution in [0.4, 0.5) is 0 Å². The highest BCUT2D eigenvalue weighted by Crippen LogP contribution is 2.15. The fourth-order valence-corrected chi connectivity index (χ4v) is 1.20. The molecule has 0 rings (SSSR count). The Morgan fingerprint density at radius 3 is 2.70 bits per heavy atom.